The van der Waals surface area contributed by atoms with Crippen molar-refractivity contribution in [2.45, 2.75) is 60.0 Å². The smallest absolute Gasteiger partial charge is 0.0815 e. The minimum absolute atomic E-state index is 0.239. The van der Waals surface area contributed by atoms with Crippen LogP contribution in [0.25, 0.3) is 0 Å². The SMILES string of the molecule is Cc1cccc(C)c1NC(CCOCC(C)(C)C)N1CCCC1. The average Bonchev–Trinajstić information content (AvgIpc) is 2.98. The van der Waals surface area contributed by atoms with E-state index in [0.717, 1.165) is 19.6 Å². The molecule has 23 heavy (non-hydrogen) atoms. The monoisotopic (exact) mass is 318 g/mol. The molecule has 0 aliphatic carbocycles. The van der Waals surface area contributed by atoms with Crippen LogP contribution in [0.1, 0.15) is 51.2 Å². The topological polar surface area (TPSA) is 24.5 Å². The van der Waals surface area contributed by atoms with E-state index in [1.54, 1.807) is 0 Å². The minimum Gasteiger partial charge on any atom is -0.381 e. The molecule has 1 fully saturated rings. The quantitative estimate of drug-likeness (QED) is 0.744. The van der Waals surface area contributed by atoms with Crippen molar-refractivity contribution < 1.29 is 4.74 Å². The van der Waals surface area contributed by atoms with Gasteiger partial charge in [-0.15, -0.1) is 0 Å². The third kappa shape index (κ3) is 5.82. The molecule has 0 saturated carbocycles. The van der Waals surface area contributed by atoms with E-state index in [1.807, 2.05) is 0 Å². The second-order valence-electron chi connectivity index (χ2n) is 8.07. The Labute approximate surface area is 142 Å². The lowest BCUT2D eigenvalue weighted by atomic mass is 9.99. The highest BCUT2D eigenvalue weighted by Crippen LogP contribution is 2.24. The number of nitrogens with zero attached hydrogens (tertiary/aromatic N) is 1. The number of ether oxygens (including phenoxy) is 1. The summed E-state index contributed by atoms with van der Waals surface area (Å²) in [5.41, 5.74) is 4.18. The first-order valence-corrected chi connectivity index (χ1v) is 9.01. The number of anilines is 1. The van der Waals surface area contributed by atoms with Gasteiger partial charge in [0.05, 0.1) is 12.8 Å². The summed E-state index contributed by atoms with van der Waals surface area (Å²) in [7, 11) is 0. The van der Waals surface area contributed by atoms with Gasteiger partial charge in [-0.2, -0.15) is 0 Å². The van der Waals surface area contributed by atoms with E-state index in [-0.39, 0.29) is 5.41 Å². The largest absolute Gasteiger partial charge is 0.381 e. The molecule has 1 aliphatic rings. The zero-order valence-corrected chi connectivity index (χ0v) is 15.6. The van der Waals surface area contributed by atoms with Crippen molar-refractivity contribution in [3.8, 4) is 0 Å². The zero-order valence-electron chi connectivity index (χ0n) is 15.6. The average molecular weight is 319 g/mol. The second kappa shape index (κ2) is 8.16. The van der Waals surface area contributed by atoms with E-state index in [4.69, 9.17) is 4.74 Å². The lowest BCUT2D eigenvalue weighted by Gasteiger charge is -2.31. The Balaban J connectivity index is 1.97. The number of likely N-dealkylation sites (tertiary alicyclic amines) is 1. The third-order valence-corrected chi connectivity index (χ3v) is 4.44. The van der Waals surface area contributed by atoms with Gasteiger partial charge in [-0.3, -0.25) is 4.90 Å². The fourth-order valence-electron chi connectivity index (χ4n) is 3.18. The number of aryl methyl sites for hydroxylation is 2. The molecule has 0 radical (unpaired) electrons. The van der Waals surface area contributed by atoms with Crippen LogP contribution in [0, 0.1) is 19.3 Å². The summed E-state index contributed by atoms with van der Waals surface area (Å²) in [4.78, 5) is 2.58. The lowest BCUT2D eigenvalue weighted by Crippen LogP contribution is -2.40. The van der Waals surface area contributed by atoms with Crippen molar-refractivity contribution >= 4 is 5.69 Å². The molecule has 1 aromatic rings. The predicted molar refractivity (Wildman–Crippen MR) is 99.0 cm³/mol. The molecule has 1 aliphatic heterocycles. The molecule has 0 aromatic heterocycles. The lowest BCUT2D eigenvalue weighted by molar-refractivity contribution is 0.0585. The molecular formula is C20H34N2O. The molecule has 1 saturated heterocycles. The van der Waals surface area contributed by atoms with Gasteiger partial charge in [-0.25, -0.2) is 0 Å². The Morgan fingerprint density at radius 1 is 1.13 bits per heavy atom. The van der Waals surface area contributed by atoms with Crippen molar-refractivity contribution in [1.82, 2.24) is 4.90 Å². The number of hydrogen-bond acceptors (Lipinski definition) is 3. The molecule has 3 heteroatoms. The van der Waals surface area contributed by atoms with Gasteiger partial charge in [0.2, 0.25) is 0 Å². The van der Waals surface area contributed by atoms with Gasteiger partial charge in [0.25, 0.3) is 0 Å². The molecule has 1 heterocycles. The second-order valence-corrected chi connectivity index (χ2v) is 8.07. The zero-order chi connectivity index (χ0) is 16.9. The van der Waals surface area contributed by atoms with Crippen LogP contribution >= 0.6 is 0 Å². The Hall–Kier alpha value is -1.06. The van der Waals surface area contributed by atoms with Gasteiger partial charge in [0.1, 0.15) is 0 Å². The van der Waals surface area contributed by atoms with Crippen LogP contribution in [0.3, 0.4) is 0 Å². The summed E-state index contributed by atoms with van der Waals surface area (Å²) in [6.45, 7) is 15.1. The van der Waals surface area contributed by atoms with Gasteiger partial charge in [0.15, 0.2) is 0 Å². The molecule has 2 rings (SSSR count). The van der Waals surface area contributed by atoms with Crippen LogP contribution in [0.5, 0.6) is 0 Å². The predicted octanol–water partition coefficient (Wildman–Crippen LogP) is 4.59. The van der Waals surface area contributed by atoms with Gasteiger partial charge >= 0.3 is 0 Å². The first-order valence-electron chi connectivity index (χ1n) is 9.01. The fraction of sp³-hybridized carbons (Fsp3) is 0.700. The molecular weight excluding hydrogens is 284 g/mol. The molecule has 0 spiro atoms. The summed E-state index contributed by atoms with van der Waals surface area (Å²) in [5.74, 6) is 0. The summed E-state index contributed by atoms with van der Waals surface area (Å²) in [6, 6.07) is 6.51. The summed E-state index contributed by atoms with van der Waals surface area (Å²) >= 11 is 0. The van der Waals surface area contributed by atoms with E-state index < -0.39 is 0 Å². The number of para-hydroxylation sites is 1. The van der Waals surface area contributed by atoms with Gasteiger partial charge in [-0.1, -0.05) is 39.0 Å². The maximum atomic E-state index is 5.92. The number of nitrogens with one attached hydrogen (secondary N) is 1. The maximum absolute atomic E-state index is 5.92. The Morgan fingerprint density at radius 2 is 1.74 bits per heavy atom. The van der Waals surface area contributed by atoms with Crippen molar-refractivity contribution in [3.05, 3.63) is 29.3 Å². The highest BCUT2D eigenvalue weighted by Gasteiger charge is 2.23. The first kappa shape index (κ1) is 18.3. The molecule has 0 amide bonds. The Morgan fingerprint density at radius 3 is 2.30 bits per heavy atom. The molecule has 1 atom stereocenters. The van der Waals surface area contributed by atoms with E-state index in [1.165, 1.54) is 42.7 Å². The molecule has 130 valence electrons. The van der Waals surface area contributed by atoms with Crippen molar-refractivity contribution in [3.63, 3.8) is 0 Å². The highest BCUT2D eigenvalue weighted by molar-refractivity contribution is 5.57. The summed E-state index contributed by atoms with van der Waals surface area (Å²) in [6.07, 6.45) is 4.03. The normalized spacial score (nSPS) is 17.4. The number of benzene rings is 1. The standard InChI is InChI=1S/C20H34N2O/c1-16-9-8-10-17(2)19(16)21-18(22-12-6-7-13-22)11-14-23-15-20(3,4)5/h8-10,18,21H,6-7,11-15H2,1-5H3. The molecule has 1 unspecified atom stereocenters. The molecule has 1 aromatic carbocycles. The Kier molecular flexibility index (Phi) is 6.49. The van der Waals surface area contributed by atoms with Crippen molar-refractivity contribution in [2.24, 2.45) is 5.41 Å². The van der Waals surface area contributed by atoms with E-state index >= 15 is 0 Å². The maximum Gasteiger partial charge on any atom is 0.0815 e. The summed E-state index contributed by atoms with van der Waals surface area (Å²) in [5, 5.41) is 3.80. The van der Waals surface area contributed by atoms with E-state index in [9.17, 15) is 0 Å². The molecule has 1 N–H and O–H groups in total. The van der Waals surface area contributed by atoms with Crippen molar-refractivity contribution in [1.29, 1.82) is 0 Å². The van der Waals surface area contributed by atoms with Gasteiger partial charge in [-0.05, 0) is 43.2 Å². The van der Waals surface area contributed by atoms with Crippen LogP contribution < -0.4 is 5.32 Å². The number of rotatable bonds is 7. The van der Waals surface area contributed by atoms with E-state index in [0.29, 0.717) is 6.17 Å². The molecule has 3 nitrogen and oxygen atoms in total. The number of hydrogen-bond donors (Lipinski definition) is 1. The minimum atomic E-state index is 0.239. The van der Waals surface area contributed by atoms with Crippen LogP contribution in [0.2, 0.25) is 0 Å². The van der Waals surface area contributed by atoms with Crippen LogP contribution in [-0.4, -0.2) is 37.4 Å². The Bertz CT molecular complexity index is 467. The van der Waals surface area contributed by atoms with Crippen LogP contribution in [0.4, 0.5) is 5.69 Å². The first-order chi connectivity index (χ1) is 10.9. The van der Waals surface area contributed by atoms with Gasteiger partial charge < -0.3 is 10.1 Å². The van der Waals surface area contributed by atoms with E-state index in [2.05, 4.69) is 63.0 Å². The van der Waals surface area contributed by atoms with Crippen LogP contribution in [0.15, 0.2) is 18.2 Å². The third-order valence-electron chi connectivity index (χ3n) is 4.44. The van der Waals surface area contributed by atoms with Gasteiger partial charge in [0, 0.05) is 31.8 Å². The summed E-state index contributed by atoms with van der Waals surface area (Å²) < 4.78 is 5.92. The van der Waals surface area contributed by atoms with Crippen molar-refractivity contribution in [2.75, 3.05) is 31.6 Å². The fourth-order valence-corrected chi connectivity index (χ4v) is 3.18. The van der Waals surface area contributed by atoms with Crippen LogP contribution in [-0.2, 0) is 4.74 Å². The molecule has 0 bridgehead atoms. The highest BCUT2D eigenvalue weighted by atomic mass is 16.5.